The second kappa shape index (κ2) is 10.9. The van der Waals surface area contributed by atoms with E-state index in [1.165, 1.54) is 25.6 Å². The lowest BCUT2D eigenvalue weighted by Crippen LogP contribution is -2.14. The first kappa shape index (κ1) is 24.6. The van der Waals surface area contributed by atoms with Gasteiger partial charge in [0.05, 0.1) is 28.4 Å². The summed E-state index contributed by atoms with van der Waals surface area (Å²) in [5.74, 6) is 0.908. The minimum atomic E-state index is -0.618. The molecule has 180 valence electrons. The van der Waals surface area contributed by atoms with E-state index in [0.29, 0.717) is 38.9 Å². The molecule has 0 fully saturated rings. The first-order valence-corrected chi connectivity index (χ1v) is 11.9. The highest BCUT2D eigenvalue weighted by Crippen LogP contribution is 2.36. The van der Waals surface area contributed by atoms with E-state index >= 15 is 4.39 Å². The Kier molecular flexibility index (Phi) is 7.64. The van der Waals surface area contributed by atoms with Crippen molar-refractivity contribution >= 4 is 45.1 Å². The number of amides is 1. The smallest absolute Gasteiger partial charge is 0.261 e. The number of hydrogen-bond acceptors (Lipinski definition) is 6. The Morgan fingerprint density at radius 1 is 1.11 bits per heavy atom. The van der Waals surface area contributed by atoms with Gasteiger partial charge in [-0.3, -0.25) is 14.8 Å². The molecule has 35 heavy (non-hydrogen) atoms. The van der Waals surface area contributed by atoms with Gasteiger partial charge in [0, 0.05) is 41.8 Å². The molecule has 2 aromatic heterocycles. The van der Waals surface area contributed by atoms with Crippen molar-refractivity contribution in [1.82, 2.24) is 9.97 Å². The van der Waals surface area contributed by atoms with E-state index in [1.807, 2.05) is 40.8 Å². The van der Waals surface area contributed by atoms with Crippen molar-refractivity contribution in [2.24, 2.45) is 5.92 Å². The normalized spacial score (nSPS) is 10.9. The average molecular weight is 587 g/mol. The molecule has 0 atom stereocenters. The lowest BCUT2D eigenvalue weighted by molar-refractivity contribution is 0.102. The monoisotopic (exact) mass is 587 g/mol. The maximum atomic E-state index is 15.1. The van der Waals surface area contributed by atoms with Crippen LogP contribution in [-0.4, -0.2) is 29.6 Å². The molecule has 2 heterocycles. The molecule has 4 aromatic rings. The fourth-order valence-corrected chi connectivity index (χ4v) is 4.01. The molecular formula is C26H23FIN3O4. The predicted octanol–water partition coefficient (Wildman–Crippen LogP) is 6.46. The molecule has 7 nitrogen and oxygen atoms in total. The molecule has 0 saturated carbocycles. The van der Waals surface area contributed by atoms with Gasteiger partial charge in [-0.15, -0.1) is 0 Å². The summed E-state index contributed by atoms with van der Waals surface area (Å²) in [7, 11) is 1.46. The average Bonchev–Trinajstić information content (AvgIpc) is 2.84. The fraction of sp³-hybridized carbons (Fsp3) is 0.192. The first-order valence-electron chi connectivity index (χ1n) is 10.8. The second-order valence-corrected chi connectivity index (χ2v) is 9.26. The second-order valence-electron chi connectivity index (χ2n) is 8.09. The number of rotatable bonds is 8. The lowest BCUT2D eigenvalue weighted by atomic mass is 10.2. The van der Waals surface area contributed by atoms with Crippen LogP contribution in [0.25, 0.3) is 10.9 Å². The van der Waals surface area contributed by atoms with Crippen LogP contribution in [0, 0.1) is 15.3 Å². The van der Waals surface area contributed by atoms with Crippen molar-refractivity contribution in [3.8, 4) is 23.0 Å². The van der Waals surface area contributed by atoms with E-state index in [2.05, 4.69) is 29.1 Å². The number of nitrogens with zero attached hydrogens (tertiary/aromatic N) is 2. The number of carbonyl (C=O) groups is 1. The number of carbonyl (C=O) groups excluding carboxylic acids is 1. The summed E-state index contributed by atoms with van der Waals surface area (Å²) in [6, 6.07) is 11.6. The maximum Gasteiger partial charge on any atom is 0.261 e. The topological polar surface area (TPSA) is 82.6 Å². The van der Waals surface area contributed by atoms with Crippen molar-refractivity contribution in [3.63, 3.8) is 0 Å². The van der Waals surface area contributed by atoms with E-state index in [9.17, 15) is 4.79 Å². The zero-order chi connectivity index (χ0) is 24.9. The van der Waals surface area contributed by atoms with Crippen LogP contribution in [0.4, 0.5) is 10.1 Å². The zero-order valence-electron chi connectivity index (χ0n) is 19.3. The van der Waals surface area contributed by atoms with Crippen LogP contribution in [-0.2, 0) is 0 Å². The molecule has 0 bridgehead atoms. The van der Waals surface area contributed by atoms with Gasteiger partial charge in [0.25, 0.3) is 5.91 Å². The molecule has 4 rings (SSSR count). The summed E-state index contributed by atoms with van der Waals surface area (Å²) in [6.07, 6.45) is 4.51. The molecule has 0 radical (unpaired) electrons. The molecule has 0 aliphatic heterocycles. The quantitative estimate of drug-likeness (QED) is 0.238. The van der Waals surface area contributed by atoms with Gasteiger partial charge >= 0.3 is 0 Å². The van der Waals surface area contributed by atoms with Crippen molar-refractivity contribution in [2.75, 3.05) is 19.0 Å². The van der Waals surface area contributed by atoms with Crippen LogP contribution >= 0.6 is 22.6 Å². The number of halogens is 2. The summed E-state index contributed by atoms with van der Waals surface area (Å²) in [4.78, 5) is 21.0. The number of methoxy groups -OCH3 is 1. The standard InChI is InChI=1S/C26H23FIN3O4/c1-15(2)14-34-17-4-5-18-22(12-17)30-9-7-24(18)35-25-20(27)10-16(11-21(25)28)31-26(32)19-13-29-8-6-23(19)33-3/h4-13,15H,14H2,1-3H3,(H,31,32). The Bertz CT molecular complexity index is 1360. The number of benzene rings is 2. The molecule has 1 N–H and O–H groups in total. The summed E-state index contributed by atoms with van der Waals surface area (Å²) >= 11 is 1.97. The highest BCUT2D eigenvalue weighted by Gasteiger charge is 2.17. The van der Waals surface area contributed by atoms with Crippen molar-refractivity contribution in [1.29, 1.82) is 0 Å². The number of pyridine rings is 2. The Balaban J connectivity index is 1.57. The molecular weight excluding hydrogens is 564 g/mol. The van der Waals surface area contributed by atoms with Crippen molar-refractivity contribution < 1.29 is 23.4 Å². The number of hydrogen-bond donors (Lipinski definition) is 1. The van der Waals surface area contributed by atoms with Crippen LogP contribution in [0.1, 0.15) is 24.2 Å². The predicted molar refractivity (Wildman–Crippen MR) is 140 cm³/mol. The largest absolute Gasteiger partial charge is 0.496 e. The van der Waals surface area contributed by atoms with Gasteiger partial charge in [-0.05, 0) is 58.8 Å². The first-order chi connectivity index (χ1) is 16.9. The number of aromatic nitrogens is 2. The number of ether oxygens (including phenoxy) is 3. The molecule has 2 aromatic carbocycles. The zero-order valence-corrected chi connectivity index (χ0v) is 21.5. The van der Waals surface area contributed by atoms with Gasteiger partial charge in [-0.2, -0.15) is 0 Å². The minimum Gasteiger partial charge on any atom is -0.496 e. The Morgan fingerprint density at radius 2 is 1.91 bits per heavy atom. The van der Waals surface area contributed by atoms with Gasteiger partial charge in [-0.25, -0.2) is 4.39 Å². The highest BCUT2D eigenvalue weighted by molar-refractivity contribution is 14.1. The van der Waals surface area contributed by atoms with E-state index in [0.717, 1.165) is 5.39 Å². The van der Waals surface area contributed by atoms with Crippen molar-refractivity contribution in [2.45, 2.75) is 13.8 Å². The highest BCUT2D eigenvalue weighted by atomic mass is 127. The maximum absolute atomic E-state index is 15.1. The molecule has 1 amide bonds. The summed E-state index contributed by atoms with van der Waals surface area (Å²) in [5, 5.41) is 3.40. The molecule has 0 aliphatic rings. The molecule has 0 spiro atoms. The summed E-state index contributed by atoms with van der Waals surface area (Å²) in [5.41, 5.74) is 1.20. The SMILES string of the molecule is COc1ccncc1C(=O)Nc1cc(F)c(Oc2ccnc3cc(OCC(C)C)ccc23)c(I)c1. The molecule has 0 saturated heterocycles. The van der Waals surface area contributed by atoms with E-state index < -0.39 is 11.7 Å². The Labute approximate surface area is 215 Å². The van der Waals surface area contributed by atoms with Crippen LogP contribution in [0.5, 0.6) is 23.0 Å². The number of nitrogens with one attached hydrogen (secondary N) is 1. The van der Waals surface area contributed by atoms with Crippen LogP contribution < -0.4 is 19.5 Å². The van der Waals surface area contributed by atoms with Gasteiger partial charge < -0.3 is 19.5 Å². The van der Waals surface area contributed by atoms with E-state index in [1.54, 1.807) is 24.4 Å². The molecule has 0 aliphatic carbocycles. The fourth-order valence-electron chi connectivity index (χ4n) is 3.31. The molecule has 9 heteroatoms. The third-order valence-corrected chi connectivity index (χ3v) is 5.77. The van der Waals surface area contributed by atoms with E-state index in [-0.39, 0.29) is 17.0 Å². The Hall–Kier alpha value is -3.47. The van der Waals surface area contributed by atoms with Crippen LogP contribution in [0.3, 0.4) is 0 Å². The summed E-state index contributed by atoms with van der Waals surface area (Å²) < 4.78 is 32.5. The van der Waals surface area contributed by atoms with Gasteiger partial charge in [0.2, 0.25) is 0 Å². The number of fused-ring (bicyclic) bond motifs is 1. The number of anilines is 1. The Morgan fingerprint density at radius 3 is 2.66 bits per heavy atom. The van der Waals surface area contributed by atoms with Crippen LogP contribution in [0.15, 0.2) is 61.1 Å². The van der Waals surface area contributed by atoms with Crippen LogP contribution in [0.2, 0.25) is 0 Å². The molecule has 0 unspecified atom stereocenters. The third kappa shape index (κ3) is 5.79. The lowest BCUT2D eigenvalue weighted by Gasteiger charge is -2.14. The van der Waals surface area contributed by atoms with E-state index in [4.69, 9.17) is 14.2 Å². The third-order valence-electron chi connectivity index (χ3n) is 4.97. The van der Waals surface area contributed by atoms with Gasteiger partial charge in [-0.1, -0.05) is 13.8 Å². The van der Waals surface area contributed by atoms with Gasteiger partial charge in [0.1, 0.15) is 17.2 Å². The van der Waals surface area contributed by atoms with Gasteiger partial charge in [0.15, 0.2) is 11.6 Å². The summed E-state index contributed by atoms with van der Waals surface area (Å²) in [6.45, 7) is 4.75. The van der Waals surface area contributed by atoms with Crippen molar-refractivity contribution in [3.05, 3.63) is 76.0 Å². The minimum absolute atomic E-state index is 0.0511.